The fourth-order valence-electron chi connectivity index (χ4n) is 2.52. The Morgan fingerprint density at radius 1 is 1.04 bits per heavy atom. The standard InChI is InChI=1S/C17H10BrF3N2O3/c18-10-4-5-12-13(7-10)16(26)23(15(12)25)8-14(24)22-11-3-1-2-9(6-11)17(19,20)21/h1-7H,8H2,(H,22,24). The van der Waals surface area contributed by atoms with Crippen LogP contribution in [-0.2, 0) is 11.0 Å². The van der Waals surface area contributed by atoms with Crippen molar-refractivity contribution in [3.8, 4) is 0 Å². The molecule has 0 bridgehead atoms. The number of imide groups is 1. The summed E-state index contributed by atoms with van der Waals surface area (Å²) in [7, 11) is 0. The number of rotatable bonds is 3. The smallest absolute Gasteiger partial charge is 0.325 e. The van der Waals surface area contributed by atoms with Gasteiger partial charge in [-0.2, -0.15) is 13.2 Å². The van der Waals surface area contributed by atoms with Gasteiger partial charge in [0, 0.05) is 10.2 Å². The molecule has 26 heavy (non-hydrogen) atoms. The van der Waals surface area contributed by atoms with Crippen LogP contribution in [0.4, 0.5) is 18.9 Å². The molecule has 1 N–H and O–H groups in total. The van der Waals surface area contributed by atoms with Crippen LogP contribution in [0.15, 0.2) is 46.9 Å². The molecule has 0 saturated carbocycles. The third kappa shape index (κ3) is 3.48. The molecule has 2 aromatic carbocycles. The van der Waals surface area contributed by atoms with E-state index in [-0.39, 0.29) is 16.8 Å². The summed E-state index contributed by atoms with van der Waals surface area (Å²) in [5.74, 6) is -2.04. The van der Waals surface area contributed by atoms with Gasteiger partial charge in [-0.3, -0.25) is 19.3 Å². The summed E-state index contributed by atoms with van der Waals surface area (Å²) in [5.41, 5.74) is -0.661. The second-order valence-electron chi connectivity index (χ2n) is 5.51. The van der Waals surface area contributed by atoms with Crippen molar-refractivity contribution in [1.29, 1.82) is 0 Å². The van der Waals surface area contributed by atoms with Crippen molar-refractivity contribution in [2.75, 3.05) is 11.9 Å². The summed E-state index contributed by atoms with van der Waals surface area (Å²) >= 11 is 3.20. The van der Waals surface area contributed by atoms with Gasteiger partial charge in [-0.05, 0) is 36.4 Å². The number of nitrogens with zero attached hydrogens (tertiary/aromatic N) is 1. The fourth-order valence-corrected chi connectivity index (χ4v) is 2.89. The zero-order valence-electron chi connectivity index (χ0n) is 12.9. The van der Waals surface area contributed by atoms with Gasteiger partial charge in [0.2, 0.25) is 5.91 Å². The number of carbonyl (C=O) groups is 3. The van der Waals surface area contributed by atoms with E-state index in [9.17, 15) is 27.6 Å². The summed E-state index contributed by atoms with van der Waals surface area (Å²) in [5, 5.41) is 2.27. The number of alkyl halides is 3. The van der Waals surface area contributed by atoms with Crippen molar-refractivity contribution >= 4 is 39.3 Å². The highest BCUT2D eigenvalue weighted by molar-refractivity contribution is 9.10. The molecule has 0 radical (unpaired) electrons. The van der Waals surface area contributed by atoms with Crippen LogP contribution in [0.1, 0.15) is 26.3 Å². The molecule has 1 heterocycles. The largest absolute Gasteiger partial charge is 0.416 e. The fraction of sp³-hybridized carbons (Fsp3) is 0.118. The lowest BCUT2D eigenvalue weighted by Crippen LogP contribution is -2.37. The summed E-state index contributed by atoms with van der Waals surface area (Å²) in [6.07, 6.45) is -4.54. The maximum atomic E-state index is 12.7. The molecule has 5 nitrogen and oxygen atoms in total. The highest BCUT2D eigenvalue weighted by atomic mass is 79.9. The second-order valence-corrected chi connectivity index (χ2v) is 6.43. The van der Waals surface area contributed by atoms with E-state index in [0.29, 0.717) is 4.47 Å². The van der Waals surface area contributed by atoms with Crippen molar-refractivity contribution in [1.82, 2.24) is 4.90 Å². The maximum Gasteiger partial charge on any atom is 0.416 e. The van der Waals surface area contributed by atoms with Crippen LogP contribution in [0, 0.1) is 0 Å². The van der Waals surface area contributed by atoms with Gasteiger partial charge in [0.25, 0.3) is 11.8 Å². The number of carbonyl (C=O) groups excluding carboxylic acids is 3. The van der Waals surface area contributed by atoms with Crippen molar-refractivity contribution in [3.63, 3.8) is 0 Å². The van der Waals surface area contributed by atoms with E-state index in [1.807, 2.05) is 0 Å². The molecule has 0 aromatic heterocycles. The zero-order valence-corrected chi connectivity index (χ0v) is 14.5. The van der Waals surface area contributed by atoms with E-state index < -0.39 is 36.0 Å². The topological polar surface area (TPSA) is 66.5 Å². The lowest BCUT2D eigenvalue weighted by atomic mass is 10.1. The van der Waals surface area contributed by atoms with E-state index in [1.165, 1.54) is 18.2 Å². The van der Waals surface area contributed by atoms with Crippen LogP contribution in [0.3, 0.4) is 0 Å². The molecule has 1 aliphatic rings. The lowest BCUT2D eigenvalue weighted by Gasteiger charge is -2.14. The van der Waals surface area contributed by atoms with E-state index in [0.717, 1.165) is 23.1 Å². The third-order valence-electron chi connectivity index (χ3n) is 3.71. The SMILES string of the molecule is O=C(CN1C(=O)c2ccc(Br)cc2C1=O)Nc1cccc(C(F)(F)F)c1. The number of benzene rings is 2. The highest BCUT2D eigenvalue weighted by Gasteiger charge is 2.37. The third-order valence-corrected chi connectivity index (χ3v) is 4.20. The van der Waals surface area contributed by atoms with Gasteiger partial charge < -0.3 is 5.32 Å². The van der Waals surface area contributed by atoms with Crippen LogP contribution >= 0.6 is 15.9 Å². The van der Waals surface area contributed by atoms with Crippen molar-refractivity contribution < 1.29 is 27.6 Å². The quantitative estimate of drug-likeness (QED) is 0.760. The zero-order chi connectivity index (χ0) is 19.1. The number of halogens is 4. The van der Waals surface area contributed by atoms with Crippen LogP contribution in [0.5, 0.6) is 0 Å². The van der Waals surface area contributed by atoms with Crippen LogP contribution in [-0.4, -0.2) is 29.2 Å². The molecular formula is C17H10BrF3N2O3. The first-order chi connectivity index (χ1) is 12.2. The Morgan fingerprint density at radius 3 is 2.42 bits per heavy atom. The first-order valence-corrected chi connectivity index (χ1v) is 8.09. The average molecular weight is 427 g/mol. The van der Waals surface area contributed by atoms with Crippen LogP contribution in [0.2, 0.25) is 0 Å². The molecular weight excluding hydrogens is 417 g/mol. The minimum absolute atomic E-state index is 0.0795. The molecule has 9 heteroatoms. The summed E-state index contributed by atoms with van der Waals surface area (Å²) in [6, 6.07) is 8.61. The Morgan fingerprint density at radius 2 is 1.73 bits per heavy atom. The van der Waals surface area contributed by atoms with E-state index >= 15 is 0 Å². The van der Waals surface area contributed by atoms with Gasteiger partial charge in [0.1, 0.15) is 6.54 Å². The first-order valence-electron chi connectivity index (χ1n) is 7.29. The molecule has 0 saturated heterocycles. The Kier molecular flexibility index (Phi) is 4.57. The number of hydrogen-bond acceptors (Lipinski definition) is 3. The Balaban J connectivity index is 1.74. The minimum atomic E-state index is -4.54. The minimum Gasteiger partial charge on any atom is -0.325 e. The van der Waals surface area contributed by atoms with E-state index in [1.54, 1.807) is 6.07 Å². The lowest BCUT2D eigenvalue weighted by molar-refractivity contribution is -0.137. The van der Waals surface area contributed by atoms with Crippen LogP contribution < -0.4 is 5.32 Å². The van der Waals surface area contributed by atoms with Gasteiger partial charge in [-0.15, -0.1) is 0 Å². The molecule has 0 fully saturated rings. The van der Waals surface area contributed by atoms with Crippen LogP contribution in [0.25, 0.3) is 0 Å². The van der Waals surface area contributed by atoms with E-state index in [2.05, 4.69) is 21.2 Å². The van der Waals surface area contributed by atoms with Gasteiger partial charge in [0.15, 0.2) is 0 Å². The molecule has 3 amide bonds. The molecule has 134 valence electrons. The highest BCUT2D eigenvalue weighted by Crippen LogP contribution is 2.31. The second kappa shape index (κ2) is 6.56. The molecule has 2 aromatic rings. The van der Waals surface area contributed by atoms with Gasteiger partial charge in [-0.1, -0.05) is 22.0 Å². The molecule has 0 aliphatic carbocycles. The number of nitrogens with one attached hydrogen (secondary N) is 1. The molecule has 0 atom stereocenters. The van der Waals surface area contributed by atoms with Crippen molar-refractivity contribution in [2.45, 2.75) is 6.18 Å². The molecule has 0 spiro atoms. The predicted octanol–water partition coefficient (Wildman–Crippen LogP) is 3.70. The van der Waals surface area contributed by atoms with Crippen molar-refractivity contribution in [3.05, 3.63) is 63.6 Å². The van der Waals surface area contributed by atoms with Crippen molar-refractivity contribution in [2.24, 2.45) is 0 Å². The number of hydrogen-bond donors (Lipinski definition) is 1. The molecule has 3 rings (SSSR count). The number of fused-ring (bicyclic) bond motifs is 1. The average Bonchev–Trinajstić information content (AvgIpc) is 2.79. The van der Waals surface area contributed by atoms with Gasteiger partial charge >= 0.3 is 6.18 Å². The van der Waals surface area contributed by atoms with Gasteiger partial charge in [0.05, 0.1) is 16.7 Å². The number of amides is 3. The Labute approximate surface area is 153 Å². The summed E-state index contributed by atoms with van der Waals surface area (Å²) in [6.45, 7) is -0.597. The molecule has 1 aliphatic heterocycles. The normalized spacial score (nSPS) is 13.8. The monoisotopic (exact) mass is 426 g/mol. The summed E-state index contributed by atoms with van der Waals surface area (Å²) in [4.78, 5) is 37.4. The van der Waals surface area contributed by atoms with Gasteiger partial charge in [-0.25, -0.2) is 0 Å². The summed E-state index contributed by atoms with van der Waals surface area (Å²) < 4.78 is 38.7. The predicted molar refractivity (Wildman–Crippen MR) is 89.6 cm³/mol. The maximum absolute atomic E-state index is 12.7. The Bertz CT molecular complexity index is 928. The van der Waals surface area contributed by atoms with E-state index in [4.69, 9.17) is 0 Å². The molecule has 0 unspecified atom stereocenters. The first kappa shape index (κ1) is 18.1. The Hall–Kier alpha value is -2.68. The number of anilines is 1.